The number of nitrogens with one attached hydrogen (secondary N) is 1. The van der Waals surface area contributed by atoms with E-state index >= 15 is 0 Å². The summed E-state index contributed by atoms with van der Waals surface area (Å²) in [5, 5.41) is 3.82. The van der Waals surface area contributed by atoms with E-state index < -0.39 is 15.9 Å². The van der Waals surface area contributed by atoms with Crippen molar-refractivity contribution in [2.75, 3.05) is 5.75 Å². The van der Waals surface area contributed by atoms with Gasteiger partial charge in [0, 0.05) is 17.2 Å². The Hall–Kier alpha value is -1.89. The number of carbonyl (C=O) groups is 1. The molecule has 0 saturated heterocycles. The zero-order valence-corrected chi connectivity index (χ0v) is 13.8. The van der Waals surface area contributed by atoms with Crippen LogP contribution >= 0.6 is 0 Å². The maximum Gasteiger partial charge on any atom is 0.253 e. The van der Waals surface area contributed by atoms with Gasteiger partial charge in [-0.15, -0.1) is 0 Å². The van der Waals surface area contributed by atoms with Gasteiger partial charge in [0.1, 0.15) is 6.10 Å². The van der Waals surface area contributed by atoms with Crippen molar-refractivity contribution in [3.63, 3.8) is 0 Å². The van der Waals surface area contributed by atoms with Crippen LogP contribution in [0.5, 0.6) is 5.88 Å². The Bertz CT molecular complexity index is 736. The highest BCUT2D eigenvalue weighted by Gasteiger charge is 2.24. The predicted molar refractivity (Wildman–Crippen MR) is 86.0 cm³/mol. The van der Waals surface area contributed by atoms with Gasteiger partial charge in [0.15, 0.2) is 9.84 Å². The number of hydrogen-bond donors (Lipinski definition) is 1. The molecular formula is C16H20N2O4S. The lowest BCUT2D eigenvalue weighted by molar-refractivity contribution is 0.0947. The number of ether oxygens (including phenoxy) is 1. The molecule has 1 unspecified atom stereocenters. The minimum Gasteiger partial charge on any atom is -0.474 e. The van der Waals surface area contributed by atoms with Gasteiger partial charge in [-0.05, 0) is 44.7 Å². The van der Waals surface area contributed by atoms with Crippen molar-refractivity contribution in [1.29, 1.82) is 0 Å². The summed E-state index contributed by atoms with van der Waals surface area (Å²) in [6.45, 7) is 1.86. The monoisotopic (exact) mass is 336 g/mol. The van der Waals surface area contributed by atoms with Crippen LogP contribution in [-0.4, -0.2) is 37.2 Å². The molecule has 1 aromatic rings. The highest BCUT2D eigenvalue weighted by Crippen LogP contribution is 2.25. The number of pyridine rings is 1. The van der Waals surface area contributed by atoms with Crippen LogP contribution in [0.1, 0.15) is 41.6 Å². The molecular weight excluding hydrogens is 316 g/mol. The molecule has 0 bridgehead atoms. The molecule has 1 amide bonds. The molecule has 23 heavy (non-hydrogen) atoms. The van der Waals surface area contributed by atoms with E-state index in [-0.39, 0.29) is 17.8 Å². The van der Waals surface area contributed by atoms with Gasteiger partial charge in [-0.1, -0.05) is 0 Å². The van der Waals surface area contributed by atoms with Crippen molar-refractivity contribution in [2.24, 2.45) is 0 Å². The fourth-order valence-electron chi connectivity index (χ4n) is 2.89. The van der Waals surface area contributed by atoms with Gasteiger partial charge >= 0.3 is 0 Å². The second-order valence-electron chi connectivity index (χ2n) is 6.11. The molecule has 1 aromatic heterocycles. The third-order valence-corrected chi connectivity index (χ3v) is 5.52. The van der Waals surface area contributed by atoms with Gasteiger partial charge in [-0.3, -0.25) is 4.79 Å². The van der Waals surface area contributed by atoms with Gasteiger partial charge in [-0.25, -0.2) is 13.4 Å². The smallest absolute Gasteiger partial charge is 0.253 e. The Morgan fingerprint density at radius 3 is 2.70 bits per heavy atom. The van der Waals surface area contributed by atoms with E-state index in [9.17, 15) is 13.2 Å². The molecule has 3 rings (SSSR count). The van der Waals surface area contributed by atoms with E-state index in [1.54, 1.807) is 6.07 Å². The summed E-state index contributed by atoms with van der Waals surface area (Å²) >= 11 is 0. The second-order valence-corrected chi connectivity index (χ2v) is 8.04. The molecule has 2 aliphatic rings. The summed E-state index contributed by atoms with van der Waals surface area (Å²) in [6.07, 6.45) is 7.64. The summed E-state index contributed by atoms with van der Waals surface area (Å²) in [4.78, 5) is 16.4. The lowest BCUT2D eigenvalue weighted by atomic mass is 10.2. The zero-order valence-electron chi connectivity index (χ0n) is 13.0. The molecule has 1 atom stereocenters. The summed E-state index contributed by atoms with van der Waals surface area (Å²) in [7, 11) is -3.18. The summed E-state index contributed by atoms with van der Waals surface area (Å²) in [5.74, 6) is 0.144. The van der Waals surface area contributed by atoms with Crippen molar-refractivity contribution >= 4 is 15.7 Å². The van der Waals surface area contributed by atoms with Crippen LogP contribution in [-0.2, 0) is 9.84 Å². The molecule has 1 saturated carbocycles. The van der Waals surface area contributed by atoms with Crippen LogP contribution < -0.4 is 10.1 Å². The van der Waals surface area contributed by atoms with Crippen molar-refractivity contribution in [1.82, 2.24) is 10.3 Å². The van der Waals surface area contributed by atoms with Crippen LogP contribution in [0.3, 0.4) is 0 Å². The number of rotatable bonds is 4. The molecule has 1 N–H and O–H groups in total. The Kier molecular flexibility index (Phi) is 4.39. The van der Waals surface area contributed by atoms with Crippen LogP contribution in [0.4, 0.5) is 0 Å². The predicted octanol–water partition coefficient (Wildman–Crippen LogP) is 1.75. The Morgan fingerprint density at radius 1 is 1.35 bits per heavy atom. The Morgan fingerprint density at radius 2 is 2.09 bits per heavy atom. The molecule has 0 spiro atoms. The number of aromatic nitrogens is 1. The molecule has 0 aromatic carbocycles. The van der Waals surface area contributed by atoms with Crippen molar-refractivity contribution in [2.45, 2.75) is 44.8 Å². The van der Waals surface area contributed by atoms with Gasteiger partial charge in [0.25, 0.3) is 5.91 Å². The van der Waals surface area contributed by atoms with Crippen LogP contribution in [0.25, 0.3) is 0 Å². The third-order valence-electron chi connectivity index (χ3n) is 4.12. The molecule has 1 fully saturated rings. The first kappa shape index (κ1) is 16.0. The minimum atomic E-state index is -3.18. The van der Waals surface area contributed by atoms with Crippen LogP contribution in [0, 0.1) is 6.92 Å². The average Bonchev–Trinajstić information content (AvgIpc) is 3.10. The number of sulfone groups is 1. The minimum absolute atomic E-state index is 0.0893. The topological polar surface area (TPSA) is 85.4 Å². The number of hydrogen-bond acceptors (Lipinski definition) is 5. The number of carbonyl (C=O) groups excluding carboxylic acids is 1. The summed E-state index contributed by atoms with van der Waals surface area (Å²) < 4.78 is 28.6. The van der Waals surface area contributed by atoms with Crippen molar-refractivity contribution in [3.05, 3.63) is 34.9 Å². The fourth-order valence-corrected chi connectivity index (χ4v) is 4.13. The van der Waals surface area contributed by atoms with Gasteiger partial charge < -0.3 is 10.1 Å². The lowest BCUT2D eigenvalue weighted by Gasteiger charge is -2.15. The number of amides is 1. The first-order chi connectivity index (χ1) is 10.9. The van der Waals surface area contributed by atoms with E-state index in [4.69, 9.17) is 4.74 Å². The summed E-state index contributed by atoms with van der Waals surface area (Å²) in [5.41, 5.74) is 1.21. The van der Waals surface area contributed by atoms with Gasteiger partial charge in [0.05, 0.1) is 17.4 Å². The highest BCUT2D eigenvalue weighted by atomic mass is 32.2. The first-order valence-electron chi connectivity index (χ1n) is 7.78. The average molecular weight is 336 g/mol. The number of aryl methyl sites for hydroxylation is 1. The Labute approximate surface area is 135 Å². The number of nitrogens with zero attached hydrogens (tertiary/aromatic N) is 1. The zero-order chi connectivity index (χ0) is 16.4. The maximum atomic E-state index is 12.2. The Balaban J connectivity index is 1.65. The standard InChI is InChI=1S/C16H20N2O4S/c1-11-8-12(9-17-16(11)22-14-4-2-3-5-14)15(19)18-13-6-7-23(20,21)10-13/h6-9,13-14H,2-5,10H2,1H3,(H,18,19). The molecule has 2 heterocycles. The largest absolute Gasteiger partial charge is 0.474 e. The lowest BCUT2D eigenvalue weighted by Crippen LogP contribution is -2.35. The quantitative estimate of drug-likeness (QED) is 0.905. The molecule has 124 valence electrons. The van der Waals surface area contributed by atoms with E-state index in [1.165, 1.54) is 25.1 Å². The van der Waals surface area contributed by atoms with E-state index in [2.05, 4.69) is 10.3 Å². The first-order valence-corrected chi connectivity index (χ1v) is 9.50. The van der Waals surface area contributed by atoms with Crippen molar-refractivity contribution in [3.8, 4) is 5.88 Å². The van der Waals surface area contributed by atoms with Crippen molar-refractivity contribution < 1.29 is 17.9 Å². The molecule has 0 radical (unpaired) electrons. The maximum absolute atomic E-state index is 12.2. The highest BCUT2D eigenvalue weighted by molar-refractivity contribution is 7.94. The normalized spacial score (nSPS) is 23.1. The molecule has 1 aliphatic carbocycles. The van der Waals surface area contributed by atoms with Gasteiger partial charge in [-0.2, -0.15) is 0 Å². The second kappa shape index (κ2) is 6.31. The van der Waals surface area contributed by atoms with E-state index in [0.29, 0.717) is 11.4 Å². The molecule has 7 heteroatoms. The summed E-state index contributed by atoms with van der Waals surface area (Å²) in [6, 6.07) is 1.24. The van der Waals surface area contributed by atoms with E-state index in [1.807, 2.05) is 6.92 Å². The fraction of sp³-hybridized carbons (Fsp3) is 0.500. The molecule has 6 nitrogen and oxygen atoms in total. The molecule has 1 aliphatic heterocycles. The SMILES string of the molecule is Cc1cc(C(=O)NC2C=CS(=O)(=O)C2)cnc1OC1CCCC1. The van der Waals surface area contributed by atoms with Gasteiger partial charge in [0.2, 0.25) is 5.88 Å². The van der Waals surface area contributed by atoms with Crippen LogP contribution in [0.15, 0.2) is 23.7 Å². The third kappa shape index (κ3) is 3.90. The van der Waals surface area contributed by atoms with E-state index in [0.717, 1.165) is 23.8 Å². The van der Waals surface area contributed by atoms with Crippen LogP contribution in [0.2, 0.25) is 0 Å².